The molecule has 3 nitrogen and oxygen atoms in total. The molecule has 82 valence electrons. The minimum atomic E-state index is -2.80. The van der Waals surface area contributed by atoms with Crippen LogP contribution in [0.3, 0.4) is 0 Å². The van der Waals surface area contributed by atoms with E-state index >= 15 is 0 Å². The Balaban J connectivity index is 2.20. The van der Waals surface area contributed by atoms with E-state index in [1.165, 1.54) is 11.8 Å². The summed E-state index contributed by atoms with van der Waals surface area (Å²) in [5, 5.41) is 10.9. The Morgan fingerprint density at radius 3 is 2.86 bits per heavy atom. The van der Waals surface area contributed by atoms with Gasteiger partial charge in [0.25, 0.3) is 6.43 Å². The van der Waals surface area contributed by atoms with E-state index in [1.54, 1.807) is 0 Å². The quantitative estimate of drug-likeness (QED) is 0.737. The van der Waals surface area contributed by atoms with Crippen molar-refractivity contribution in [3.63, 3.8) is 0 Å². The van der Waals surface area contributed by atoms with E-state index in [-0.39, 0.29) is 17.7 Å². The van der Waals surface area contributed by atoms with Crippen molar-refractivity contribution in [2.75, 3.05) is 12.3 Å². The zero-order chi connectivity index (χ0) is 10.6. The van der Waals surface area contributed by atoms with Crippen LogP contribution >= 0.6 is 11.8 Å². The number of alkyl halides is 2. The third-order valence-corrected chi connectivity index (χ3v) is 3.37. The summed E-state index contributed by atoms with van der Waals surface area (Å²) in [6, 6.07) is 0. The molecule has 14 heavy (non-hydrogen) atoms. The SMILES string of the molecule is O=C(NCC(O)C(F)F)C1CCCS1. The molecule has 0 saturated carbocycles. The van der Waals surface area contributed by atoms with Gasteiger partial charge < -0.3 is 10.4 Å². The average molecular weight is 225 g/mol. The van der Waals surface area contributed by atoms with Gasteiger partial charge in [-0.2, -0.15) is 0 Å². The van der Waals surface area contributed by atoms with Gasteiger partial charge in [0.05, 0.1) is 5.25 Å². The van der Waals surface area contributed by atoms with Crippen LogP contribution < -0.4 is 5.32 Å². The first kappa shape index (κ1) is 11.7. The summed E-state index contributed by atoms with van der Waals surface area (Å²) in [5.74, 6) is 0.697. The molecule has 1 heterocycles. The molecule has 0 aliphatic carbocycles. The average Bonchev–Trinajstić information content (AvgIpc) is 2.66. The molecule has 0 spiro atoms. The molecule has 2 N–H and O–H groups in total. The maximum atomic E-state index is 11.8. The van der Waals surface area contributed by atoms with Crippen LogP contribution in [-0.2, 0) is 4.79 Å². The molecule has 1 fully saturated rings. The molecule has 0 aromatic carbocycles. The highest BCUT2D eigenvalue weighted by Gasteiger charge is 2.24. The van der Waals surface area contributed by atoms with Gasteiger partial charge in [-0.1, -0.05) is 0 Å². The van der Waals surface area contributed by atoms with Crippen molar-refractivity contribution in [3.05, 3.63) is 0 Å². The molecule has 0 aromatic rings. The molecular formula is C8H13F2NO2S. The molecule has 0 aromatic heterocycles. The number of hydrogen-bond donors (Lipinski definition) is 2. The van der Waals surface area contributed by atoms with Crippen LogP contribution in [0.25, 0.3) is 0 Å². The smallest absolute Gasteiger partial charge is 0.265 e. The first-order valence-corrected chi connectivity index (χ1v) is 5.51. The molecule has 1 aliphatic heterocycles. The Labute approximate surface area is 85.2 Å². The minimum Gasteiger partial charge on any atom is -0.385 e. The topological polar surface area (TPSA) is 49.3 Å². The monoisotopic (exact) mass is 225 g/mol. The van der Waals surface area contributed by atoms with Gasteiger partial charge in [0.1, 0.15) is 6.10 Å². The standard InChI is InChI=1S/C8H13F2NO2S/c9-7(10)5(12)4-11-8(13)6-2-1-3-14-6/h5-7,12H,1-4H2,(H,11,13). The van der Waals surface area contributed by atoms with Gasteiger partial charge in [0, 0.05) is 6.54 Å². The van der Waals surface area contributed by atoms with Crippen LogP contribution in [0.5, 0.6) is 0 Å². The predicted molar refractivity (Wildman–Crippen MR) is 50.5 cm³/mol. The summed E-state index contributed by atoms with van der Waals surface area (Å²) in [5.41, 5.74) is 0. The lowest BCUT2D eigenvalue weighted by Gasteiger charge is -2.13. The Kier molecular flexibility index (Phi) is 4.60. The van der Waals surface area contributed by atoms with Crippen molar-refractivity contribution >= 4 is 17.7 Å². The summed E-state index contributed by atoms with van der Waals surface area (Å²) >= 11 is 1.53. The lowest BCUT2D eigenvalue weighted by Crippen LogP contribution is -2.39. The minimum absolute atomic E-state index is 0.125. The fourth-order valence-electron chi connectivity index (χ4n) is 1.19. The molecule has 1 aliphatic rings. The molecule has 1 rings (SSSR count). The van der Waals surface area contributed by atoms with E-state index in [0.29, 0.717) is 0 Å². The second kappa shape index (κ2) is 5.50. The first-order valence-electron chi connectivity index (χ1n) is 4.47. The number of aliphatic hydroxyl groups excluding tert-OH is 1. The molecular weight excluding hydrogens is 212 g/mol. The number of nitrogens with one attached hydrogen (secondary N) is 1. The van der Waals surface area contributed by atoms with Gasteiger partial charge in [0.15, 0.2) is 0 Å². The van der Waals surface area contributed by atoms with Gasteiger partial charge in [-0.3, -0.25) is 4.79 Å². The predicted octanol–water partition coefficient (Wildman–Crippen LogP) is 0.624. The maximum Gasteiger partial charge on any atom is 0.265 e. The second-order valence-electron chi connectivity index (χ2n) is 3.15. The van der Waals surface area contributed by atoms with Gasteiger partial charge in [-0.25, -0.2) is 8.78 Å². The van der Waals surface area contributed by atoms with Crippen molar-refractivity contribution in [1.29, 1.82) is 0 Å². The number of aliphatic hydroxyl groups is 1. The number of amides is 1. The fourth-order valence-corrected chi connectivity index (χ4v) is 2.38. The van der Waals surface area contributed by atoms with E-state index in [1.807, 2.05) is 0 Å². The molecule has 0 radical (unpaired) electrons. The van der Waals surface area contributed by atoms with Gasteiger partial charge in [0.2, 0.25) is 5.91 Å². The van der Waals surface area contributed by atoms with Crippen LogP contribution in [0.1, 0.15) is 12.8 Å². The lowest BCUT2D eigenvalue weighted by molar-refractivity contribution is -0.121. The van der Waals surface area contributed by atoms with E-state index in [9.17, 15) is 13.6 Å². The van der Waals surface area contributed by atoms with Crippen LogP contribution in [0.2, 0.25) is 0 Å². The third-order valence-electron chi connectivity index (χ3n) is 2.00. The first-order chi connectivity index (χ1) is 6.61. The summed E-state index contributed by atoms with van der Waals surface area (Å²) in [6.45, 7) is -0.367. The normalized spacial score (nSPS) is 23.9. The van der Waals surface area contributed by atoms with Crippen molar-refractivity contribution in [2.45, 2.75) is 30.6 Å². The van der Waals surface area contributed by atoms with Crippen LogP contribution in [0.15, 0.2) is 0 Å². The fraction of sp³-hybridized carbons (Fsp3) is 0.875. The van der Waals surface area contributed by atoms with Gasteiger partial charge in [-0.05, 0) is 18.6 Å². The zero-order valence-electron chi connectivity index (χ0n) is 7.58. The number of carbonyl (C=O) groups excluding carboxylic acids is 1. The summed E-state index contributed by atoms with van der Waals surface area (Å²) < 4.78 is 23.7. The highest BCUT2D eigenvalue weighted by Crippen LogP contribution is 2.25. The van der Waals surface area contributed by atoms with Gasteiger partial charge >= 0.3 is 0 Å². The van der Waals surface area contributed by atoms with Crippen LogP contribution in [0, 0.1) is 0 Å². The molecule has 0 bridgehead atoms. The number of halogens is 2. The third kappa shape index (κ3) is 3.42. The Bertz CT molecular complexity index is 198. The number of rotatable bonds is 4. The summed E-state index contributed by atoms with van der Waals surface area (Å²) in [7, 11) is 0. The number of hydrogen-bond acceptors (Lipinski definition) is 3. The van der Waals surface area contributed by atoms with E-state index in [4.69, 9.17) is 5.11 Å². The van der Waals surface area contributed by atoms with Crippen molar-refractivity contribution in [1.82, 2.24) is 5.32 Å². The Morgan fingerprint density at radius 2 is 2.36 bits per heavy atom. The highest BCUT2D eigenvalue weighted by molar-refractivity contribution is 8.00. The zero-order valence-corrected chi connectivity index (χ0v) is 8.40. The van der Waals surface area contributed by atoms with E-state index in [2.05, 4.69) is 5.32 Å². The van der Waals surface area contributed by atoms with Crippen LogP contribution in [0.4, 0.5) is 8.78 Å². The maximum absolute atomic E-state index is 11.8. The van der Waals surface area contributed by atoms with E-state index in [0.717, 1.165) is 18.6 Å². The molecule has 2 atom stereocenters. The molecule has 2 unspecified atom stereocenters. The lowest BCUT2D eigenvalue weighted by atomic mass is 10.2. The largest absolute Gasteiger partial charge is 0.385 e. The van der Waals surface area contributed by atoms with Crippen molar-refractivity contribution < 1.29 is 18.7 Å². The van der Waals surface area contributed by atoms with Crippen molar-refractivity contribution in [2.24, 2.45) is 0 Å². The highest BCUT2D eigenvalue weighted by atomic mass is 32.2. The van der Waals surface area contributed by atoms with Crippen molar-refractivity contribution in [3.8, 4) is 0 Å². The second-order valence-corrected chi connectivity index (χ2v) is 4.46. The van der Waals surface area contributed by atoms with Gasteiger partial charge in [-0.15, -0.1) is 11.8 Å². The van der Waals surface area contributed by atoms with E-state index < -0.39 is 12.5 Å². The number of carbonyl (C=O) groups is 1. The molecule has 1 saturated heterocycles. The Hall–Kier alpha value is -0.360. The Morgan fingerprint density at radius 1 is 1.64 bits per heavy atom. The van der Waals surface area contributed by atoms with Crippen LogP contribution in [-0.4, -0.2) is 41.1 Å². The number of thioether (sulfide) groups is 1. The molecule has 6 heteroatoms. The summed E-state index contributed by atoms with van der Waals surface area (Å²) in [6.07, 6.45) is -2.78. The molecule has 1 amide bonds. The summed E-state index contributed by atoms with van der Waals surface area (Å²) in [4.78, 5) is 11.3.